The fourth-order valence-electron chi connectivity index (χ4n) is 2.67. The number of aromatic carboxylic acids is 1. The van der Waals surface area contributed by atoms with E-state index < -0.39 is 21.1 Å². The molecule has 1 N–H and O–H groups in total. The van der Waals surface area contributed by atoms with Crippen molar-refractivity contribution in [3.8, 4) is 0 Å². The number of ether oxygens (including phenoxy) is 1. The van der Waals surface area contributed by atoms with Gasteiger partial charge in [-0.3, -0.25) is 0 Å². The molecule has 0 spiro atoms. The van der Waals surface area contributed by atoms with Gasteiger partial charge in [0.2, 0.25) is 0 Å². The Labute approximate surface area is 118 Å². The third-order valence-electron chi connectivity index (χ3n) is 3.77. The van der Waals surface area contributed by atoms with E-state index in [0.717, 1.165) is 12.8 Å². The summed E-state index contributed by atoms with van der Waals surface area (Å²) in [6.45, 7) is 0. The molecule has 5 nitrogen and oxygen atoms in total. The lowest BCUT2D eigenvalue weighted by Crippen LogP contribution is -2.32. The maximum atomic E-state index is 12.7. The minimum Gasteiger partial charge on any atom is -0.478 e. The van der Waals surface area contributed by atoms with Crippen molar-refractivity contribution >= 4 is 15.8 Å². The molecule has 2 rings (SSSR count). The number of carboxylic acids is 1. The lowest BCUT2D eigenvalue weighted by molar-refractivity contribution is 0.0692. The van der Waals surface area contributed by atoms with Crippen LogP contribution in [0.15, 0.2) is 29.2 Å². The first-order chi connectivity index (χ1) is 9.46. The van der Waals surface area contributed by atoms with E-state index in [0.29, 0.717) is 12.8 Å². The SMILES string of the molecule is COC1CCCC(S(=O)(=O)c2ccccc2C(=O)O)C1. The second kappa shape index (κ2) is 5.93. The average Bonchev–Trinajstić information content (AvgIpc) is 2.47. The van der Waals surface area contributed by atoms with E-state index in [-0.39, 0.29) is 16.6 Å². The lowest BCUT2D eigenvalue weighted by Gasteiger charge is -2.28. The number of benzene rings is 1. The van der Waals surface area contributed by atoms with Crippen LogP contribution in [-0.2, 0) is 14.6 Å². The highest BCUT2D eigenvalue weighted by atomic mass is 32.2. The highest BCUT2D eigenvalue weighted by molar-refractivity contribution is 7.92. The monoisotopic (exact) mass is 298 g/mol. The summed E-state index contributed by atoms with van der Waals surface area (Å²) in [5.41, 5.74) is -0.160. The number of hydrogen-bond acceptors (Lipinski definition) is 4. The molecule has 0 amide bonds. The zero-order valence-electron chi connectivity index (χ0n) is 11.3. The predicted octanol–water partition coefficient (Wildman–Crippen LogP) is 2.12. The normalized spacial score (nSPS) is 23.4. The van der Waals surface area contributed by atoms with Gasteiger partial charge >= 0.3 is 5.97 Å². The quantitative estimate of drug-likeness (QED) is 0.921. The Kier molecular flexibility index (Phi) is 4.45. The first-order valence-electron chi connectivity index (χ1n) is 6.56. The van der Waals surface area contributed by atoms with Gasteiger partial charge in [-0.15, -0.1) is 0 Å². The second-order valence-electron chi connectivity index (χ2n) is 4.99. The smallest absolute Gasteiger partial charge is 0.337 e. The summed E-state index contributed by atoms with van der Waals surface area (Å²) in [5, 5.41) is 8.57. The van der Waals surface area contributed by atoms with Crippen LogP contribution in [0.1, 0.15) is 36.0 Å². The van der Waals surface area contributed by atoms with Crippen molar-refractivity contribution in [2.75, 3.05) is 7.11 Å². The number of carbonyl (C=O) groups is 1. The fourth-order valence-corrected chi connectivity index (χ4v) is 4.70. The molecule has 1 aliphatic rings. The van der Waals surface area contributed by atoms with E-state index in [2.05, 4.69) is 0 Å². The largest absolute Gasteiger partial charge is 0.478 e. The summed E-state index contributed by atoms with van der Waals surface area (Å²) in [4.78, 5) is 11.1. The first-order valence-corrected chi connectivity index (χ1v) is 8.10. The Morgan fingerprint density at radius 2 is 2.00 bits per heavy atom. The van der Waals surface area contributed by atoms with Gasteiger partial charge in [0.05, 0.1) is 21.8 Å². The number of carboxylic acid groups (broad SMARTS) is 1. The van der Waals surface area contributed by atoms with Gasteiger partial charge < -0.3 is 9.84 Å². The number of rotatable bonds is 4. The van der Waals surface area contributed by atoms with Gasteiger partial charge in [0.15, 0.2) is 9.84 Å². The second-order valence-corrected chi connectivity index (χ2v) is 7.19. The fraction of sp³-hybridized carbons (Fsp3) is 0.500. The van der Waals surface area contributed by atoms with Crippen LogP contribution < -0.4 is 0 Å². The number of hydrogen-bond donors (Lipinski definition) is 1. The average molecular weight is 298 g/mol. The van der Waals surface area contributed by atoms with Crippen LogP contribution in [0.5, 0.6) is 0 Å². The molecule has 2 atom stereocenters. The Morgan fingerprint density at radius 1 is 1.30 bits per heavy atom. The van der Waals surface area contributed by atoms with Crippen molar-refractivity contribution in [3.05, 3.63) is 29.8 Å². The van der Waals surface area contributed by atoms with E-state index >= 15 is 0 Å². The molecule has 1 aliphatic carbocycles. The Bertz CT molecular complexity index is 593. The van der Waals surface area contributed by atoms with E-state index in [9.17, 15) is 13.2 Å². The number of sulfone groups is 1. The summed E-state index contributed by atoms with van der Waals surface area (Å²) >= 11 is 0. The van der Waals surface area contributed by atoms with Crippen LogP contribution in [-0.4, -0.2) is 38.0 Å². The molecule has 20 heavy (non-hydrogen) atoms. The molecule has 1 fully saturated rings. The van der Waals surface area contributed by atoms with Gasteiger partial charge in [0.1, 0.15) is 0 Å². The minimum atomic E-state index is -3.64. The molecule has 110 valence electrons. The Morgan fingerprint density at radius 3 is 2.65 bits per heavy atom. The van der Waals surface area contributed by atoms with Crippen molar-refractivity contribution in [2.45, 2.75) is 41.9 Å². The van der Waals surface area contributed by atoms with Crippen molar-refractivity contribution in [3.63, 3.8) is 0 Å². The van der Waals surface area contributed by atoms with Gasteiger partial charge in [-0.25, -0.2) is 13.2 Å². The van der Waals surface area contributed by atoms with Crippen molar-refractivity contribution in [1.29, 1.82) is 0 Å². The molecular formula is C14H18O5S. The standard InChI is InChI=1S/C14H18O5S/c1-19-10-5-4-6-11(9-10)20(17,18)13-8-3-2-7-12(13)14(15)16/h2-3,7-8,10-11H,4-6,9H2,1H3,(H,15,16). The third kappa shape index (κ3) is 2.86. The van der Waals surface area contributed by atoms with Gasteiger partial charge in [0, 0.05) is 7.11 Å². The third-order valence-corrected chi connectivity index (χ3v) is 6.05. The highest BCUT2D eigenvalue weighted by Gasteiger charge is 2.35. The zero-order valence-corrected chi connectivity index (χ0v) is 12.1. The van der Waals surface area contributed by atoms with Gasteiger partial charge in [0.25, 0.3) is 0 Å². The molecule has 0 saturated heterocycles. The van der Waals surface area contributed by atoms with Gasteiger partial charge in [-0.1, -0.05) is 12.1 Å². The van der Waals surface area contributed by atoms with Crippen LogP contribution >= 0.6 is 0 Å². The summed E-state index contributed by atoms with van der Waals surface area (Å²) in [6.07, 6.45) is 2.53. The molecule has 0 radical (unpaired) electrons. The molecule has 1 aromatic rings. The van der Waals surface area contributed by atoms with E-state index in [1.54, 1.807) is 13.2 Å². The summed E-state index contributed by atoms with van der Waals surface area (Å²) < 4.78 is 30.6. The molecule has 1 aromatic carbocycles. The molecule has 0 aliphatic heterocycles. The van der Waals surface area contributed by atoms with Crippen molar-refractivity contribution in [1.82, 2.24) is 0 Å². The van der Waals surface area contributed by atoms with Crippen LogP contribution in [0, 0.1) is 0 Å². The topological polar surface area (TPSA) is 80.7 Å². The molecule has 6 heteroatoms. The Hall–Kier alpha value is -1.40. The molecule has 0 bridgehead atoms. The molecule has 0 aromatic heterocycles. The van der Waals surface area contributed by atoms with E-state index in [1.165, 1.54) is 18.2 Å². The van der Waals surface area contributed by atoms with Crippen LogP contribution in [0.2, 0.25) is 0 Å². The first kappa shape index (κ1) is 15.0. The van der Waals surface area contributed by atoms with Crippen LogP contribution in [0.3, 0.4) is 0 Å². The molecular weight excluding hydrogens is 280 g/mol. The van der Waals surface area contributed by atoms with Crippen LogP contribution in [0.4, 0.5) is 0 Å². The summed E-state index contributed by atoms with van der Waals surface area (Å²) in [7, 11) is -2.07. The highest BCUT2D eigenvalue weighted by Crippen LogP contribution is 2.31. The Balaban J connectivity index is 2.38. The lowest BCUT2D eigenvalue weighted by atomic mass is 9.97. The van der Waals surface area contributed by atoms with Crippen molar-refractivity contribution < 1.29 is 23.1 Å². The van der Waals surface area contributed by atoms with Gasteiger partial charge in [-0.2, -0.15) is 0 Å². The maximum Gasteiger partial charge on any atom is 0.337 e. The summed E-state index contributed by atoms with van der Waals surface area (Å²) in [5.74, 6) is -1.22. The van der Waals surface area contributed by atoms with E-state index in [4.69, 9.17) is 9.84 Å². The van der Waals surface area contributed by atoms with Gasteiger partial charge in [-0.05, 0) is 37.8 Å². The molecule has 0 heterocycles. The molecule has 1 saturated carbocycles. The number of methoxy groups -OCH3 is 1. The summed E-state index contributed by atoms with van der Waals surface area (Å²) in [6, 6.07) is 5.78. The van der Waals surface area contributed by atoms with Crippen LogP contribution in [0.25, 0.3) is 0 Å². The van der Waals surface area contributed by atoms with E-state index in [1.807, 2.05) is 0 Å². The molecule has 2 unspecified atom stereocenters. The minimum absolute atomic E-state index is 0.0690. The maximum absolute atomic E-state index is 12.7. The predicted molar refractivity (Wildman–Crippen MR) is 73.6 cm³/mol. The van der Waals surface area contributed by atoms with Crippen molar-refractivity contribution in [2.24, 2.45) is 0 Å². The zero-order chi connectivity index (χ0) is 14.8.